The summed E-state index contributed by atoms with van der Waals surface area (Å²) < 4.78 is 31.7. The zero-order valence-electron chi connectivity index (χ0n) is 18.5. The van der Waals surface area contributed by atoms with E-state index in [9.17, 15) is 18.0 Å². The molecule has 0 aliphatic rings. The molecule has 0 atom stereocenters. The number of benzene rings is 3. The van der Waals surface area contributed by atoms with Gasteiger partial charge in [0.2, 0.25) is 10.0 Å². The van der Waals surface area contributed by atoms with Gasteiger partial charge in [0.15, 0.2) is 6.61 Å². The van der Waals surface area contributed by atoms with Crippen molar-refractivity contribution < 1.29 is 22.7 Å². The minimum atomic E-state index is -3.66. The summed E-state index contributed by atoms with van der Waals surface area (Å²) in [6.07, 6.45) is 0. The van der Waals surface area contributed by atoms with Crippen LogP contribution in [0.25, 0.3) is 0 Å². The van der Waals surface area contributed by atoms with Crippen molar-refractivity contribution in [1.82, 2.24) is 4.31 Å². The van der Waals surface area contributed by atoms with E-state index in [4.69, 9.17) is 4.74 Å². The Morgan fingerprint density at radius 3 is 2.24 bits per heavy atom. The second-order valence-electron chi connectivity index (χ2n) is 7.42. The quantitative estimate of drug-likeness (QED) is 0.528. The number of rotatable bonds is 8. The summed E-state index contributed by atoms with van der Waals surface area (Å²) in [5.41, 5.74) is 1.81. The fraction of sp³-hybridized carbons (Fsp3) is 0.167. The minimum absolute atomic E-state index is 0.106. The Morgan fingerprint density at radius 2 is 1.55 bits per heavy atom. The van der Waals surface area contributed by atoms with Crippen molar-refractivity contribution in [3.8, 4) is 5.75 Å². The zero-order chi connectivity index (χ0) is 24.0. The van der Waals surface area contributed by atoms with Crippen LogP contribution >= 0.6 is 0 Å². The van der Waals surface area contributed by atoms with Gasteiger partial charge in [-0.3, -0.25) is 9.59 Å². The molecule has 0 saturated heterocycles. The van der Waals surface area contributed by atoms with Gasteiger partial charge >= 0.3 is 0 Å². The number of aryl methyl sites for hydroxylation is 1. The van der Waals surface area contributed by atoms with Gasteiger partial charge in [-0.15, -0.1) is 0 Å². The molecule has 0 aliphatic heterocycles. The summed E-state index contributed by atoms with van der Waals surface area (Å²) in [6, 6.07) is 20.2. The highest BCUT2D eigenvalue weighted by Gasteiger charge is 2.20. The number of carbonyl (C=O) groups is 2. The molecule has 0 unspecified atom stereocenters. The molecule has 172 valence electrons. The third kappa shape index (κ3) is 5.97. The largest absolute Gasteiger partial charge is 0.483 e. The number of sulfonamides is 1. The average Bonchev–Trinajstić information content (AvgIpc) is 2.79. The standard InChI is InChI=1S/C24H25N3O5S/c1-17-13-14-19(15-22(17)33(30,31)27(2)3)25-23(28)16-32-21-12-8-7-11-20(21)24(29)26-18-9-5-4-6-10-18/h4-15H,16H2,1-3H3,(H,25,28)(H,26,29). The molecule has 0 aromatic heterocycles. The number of hydrogen-bond donors (Lipinski definition) is 2. The number of carbonyl (C=O) groups excluding carboxylic acids is 2. The summed E-state index contributed by atoms with van der Waals surface area (Å²) in [4.78, 5) is 25.2. The second-order valence-corrected chi connectivity index (χ2v) is 9.54. The molecule has 0 heterocycles. The van der Waals surface area contributed by atoms with E-state index in [0.29, 0.717) is 16.9 Å². The van der Waals surface area contributed by atoms with Crippen molar-refractivity contribution in [2.45, 2.75) is 11.8 Å². The maximum absolute atomic E-state index is 12.6. The predicted molar refractivity (Wildman–Crippen MR) is 127 cm³/mol. The smallest absolute Gasteiger partial charge is 0.262 e. The van der Waals surface area contributed by atoms with Gasteiger partial charge in [-0.05, 0) is 48.9 Å². The van der Waals surface area contributed by atoms with Crippen LogP contribution < -0.4 is 15.4 Å². The zero-order valence-corrected chi connectivity index (χ0v) is 19.3. The van der Waals surface area contributed by atoms with E-state index in [1.54, 1.807) is 55.5 Å². The van der Waals surface area contributed by atoms with Crippen molar-refractivity contribution >= 4 is 33.2 Å². The fourth-order valence-corrected chi connectivity index (χ4v) is 4.14. The highest BCUT2D eigenvalue weighted by Crippen LogP contribution is 2.23. The van der Waals surface area contributed by atoms with Gasteiger partial charge in [0.1, 0.15) is 5.75 Å². The predicted octanol–water partition coefficient (Wildman–Crippen LogP) is 3.52. The van der Waals surface area contributed by atoms with E-state index in [0.717, 1.165) is 4.31 Å². The van der Waals surface area contributed by atoms with Gasteiger partial charge in [-0.1, -0.05) is 36.4 Å². The van der Waals surface area contributed by atoms with Crippen LogP contribution in [0, 0.1) is 6.92 Å². The van der Waals surface area contributed by atoms with Crippen LogP contribution in [-0.2, 0) is 14.8 Å². The lowest BCUT2D eigenvalue weighted by molar-refractivity contribution is -0.118. The summed E-state index contributed by atoms with van der Waals surface area (Å²) in [6.45, 7) is 1.32. The van der Waals surface area contributed by atoms with Gasteiger partial charge in [0, 0.05) is 25.5 Å². The maximum Gasteiger partial charge on any atom is 0.262 e. The second kappa shape index (κ2) is 10.3. The van der Waals surface area contributed by atoms with Crippen molar-refractivity contribution in [3.05, 3.63) is 83.9 Å². The molecule has 0 radical (unpaired) electrons. The summed E-state index contributed by atoms with van der Waals surface area (Å²) in [7, 11) is -0.768. The number of nitrogens with one attached hydrogen (secondary N) is 2. The Balaban J connectivity index is 1.68. The third-order valence-electron chi connectivity index (χ3n) is 4.75. The molecule has 33 heavy (non-hydrogen) atoms. The van der Waals surface area contributed by atoms with Crippen molar-refractivity contribution in [3.63, 3.8) is 0 Å². The van der Waals surface area contributed by atoms with Crippen molar-refractivity contribution in [1.29, 1.82) is 0 Å². The molecule has 0 fully saturated rings. The van der Waals surface area contributed by atoms with Crippen molar-refractivity contribution in [2.75, 3.05) is 31.3 Å². The molecule has 3 rings (SSSR count). The number of ether oxygens (including phenoxy) is 1. The average molecular weight is 468 g/mol. The minimum Gasteiger partial charge on any atom is -0.483 e. The lowest BCUT2D eigenvalue weighted by Crippen LogP contribution is -2.24. The van der Waals surface area contributed by atoms with Gasteiger partial charge in [0.25, 0.3) is 11.8 Å². The summed E-state index contributed by atoms with van der Waals surface area (Å²) in [5, 5.41) is 5.41. The first-order chi connectivity index (χ1) is 15.7. The van der Waals surface area contributed by atoms with Crippen LogP contribution in [0.4, 0.5) is 11.4 Å². The SMILES string of the molecule is Cc1ccc(NC(=O)COc2ccccc2C(=O)Nc2ccccc2)cc1S(=O)(=O)N(C)C. The molecule has 3 aromatic rings. The molecule has 9 heteroatoms. The molecule has 2 N–H and O–H groups in total. The van der Waals surface area contributed by atoms with Crippen molar-refractivity contribution in [2.24, 2.45) is 0 Å². The Morgan fingerprint density at radius 1 is 0.879 bits per heavy atom. The number of para-hydroxylation sites is 2. The van der Waals surface area contributed by atoms with Crippen LogP contribution in [0.15, 0.2) is 77.7 Å². The fourth-order valence-electron chi connectivity index (χ4n) is 2.99. The maximum atomic E-state index is 12.6. The number of amides is 2. The molecule has 0 bridgehead atoms. The highest BCUT2D eigenvalue weighted by molar-refractivity contribution is 7.89. The monoisotopic (exact) mass is 467 g/mol. The first kappa shape index (κ1) is 24.0. The van der Waals surface area contributed by atoms with Crippen LogP contribution in [-0.4, -0.2) is 45.2 Å². The molecule has 0 saturated carbocycles. The molecule has 0 aliphatic carbocycles. The third-order valence-corrected chi connectivity index (χ3v) is 6.71. The first-order valence-corrected chi connectivity index (χ1v) is 11.5. The molecule has 3 aromatic carbocycles. The van der Waals surface area contributed by atoms with Crippen LogP contribution in [0.2, 0.25) is 0 Å². The Hall–Kier alpha value is -3.69. The molecule has 8 nitrogen and oxygen atoms in total. The van der Waals surface area contributed by atoms with Crippen LogP contribution in [0.1, 0.15) is 15.9 Å². The highest BCUT2D eigenvalue weighted by atomic mass is 32.2. The van der Waals surface area contributed by atoms with E-state index in [-0.39, 0.29) is 28.7 Å². The molecule has 0 spiro atoms. The molecule has 2 amide bonds. The molecular weight excluding hydrogens is 442 g/mol. The lowest BCUT2D eigenvalue weighted by atomic mass is 10.2. The molecular formula is C24H25N3O5S. The topological polar surface area (TPSA) is 105 Å². The van der Waals surface area contributed by atoms with E-state index in [1.807, 2.05) is 18.2 Å². The van der Waals surface area contributed by atoms with E-state index in [1.165, 1.54) is 20.2 Å². The van der Waals surface area contributed by atoms with Gasteiger partial charge in [-0.25, -0.2) is 12.7 Å². The van der Waals surface area contributed by atoms with E-state index < -0.39 is 15.9 Å². The van der Waals surface area contributed by atoms with Gasteiger partial charge < -0.3 is 15.4 Å². The Kier molecular flexibility index (Phi) is 7.47. The van der Waals surface area contributed by atoms with Crippen LogP contribution in [0.3, 0.4) is 0 Å². The Bertz CT molecular complexity index is 1260. The number of anilines is 2. The summed E-state index contributed by atoms with van der Waals surface area (Å²) in [5.74, 6) is -0.611. The normalized spacial score (nSPS) is 11.2. The van der Waals surface area contributed by atoms with Crippen LogP contribution in [0.5, 0.6) is 5.75 Å². The van der Waals surface area contributed by atoms with Gasteiger partial charge in [0.05, 0.1) is 10.5 Å². The Labute approximate surface area is 193 Å². The number of hydrogen-bond acceptors (Lipinski definition) is 5. The number of nitrogens with zero attached hydrogens (tertiary/aromatic N) is 1. The first-order valence-electron chi connectivity index (χ1n) is 10.1. The van der Waals surface area contributed by atoms with Gasteiger partial charge in [-0.2, -0.15) is 0 Å². The van der Waals surface area contributed by atoms with E-state index >= 15 is 0 Å². The van der Waals surface area contributed by atoms with E-state index in [2.05, 4.69) is 10.6 Å². The lowest BCUT2D eigenvalue weighted by Gasteiger charge is -2.15. The summed E-state index contributed by atoms with van der Waals surface area (Å²) >= 11 is 0.